The summed E-state index contributed by atoms with van der Waals surface area (Å²) < 4.78 is 21.5. The van der Waals surface area contributed by atoms with Crippen LogP contribution >= 0.6 is 11.8 Å². The third kappa shape index (κ3) is 6.53. The summed E-state index contributed by atoms with van der Waals surface area (Å²) in [4.78, 5) is 64.9. The number of rotatable bonds is 10. The van der Waals surface area contributed by atoms with Crippen LogP contribution in [0.5, 0.6) is 0 Å². The number of ether oxygens (including phenoxy) is 4. The van der Waals surface area contributed by atoms with Gasteiger partial charge in [-0.2, -0.15) is 0 Å². The Morgan fingerprint density at radius 3 is 2.44 bits per heavy atom. The van der Waals surface area contributed by atoms with Crippen molar-refractivity contribution >= 4 is 41.7 Å². The van der Waals surface area contributed by atoms with Gasteiger partial charge in [-0.3, -0.25) is 14.4 Å². The lowest BCUT2D eigenvalue weighted by Gasteiger charge is -2.47. The second-order valence-electron chi connectivity index (χ2n) is 10.6. The van der Waals surface area contributed by atoms with Crippen LogP contribution in [-0.4, -0.2) is 71.1 Å². The van der Waals surface area contributed by atoms with Crippen LogP contribution in [-0.2, 0) is 38.1 Å². The summed E-state index contributed by atoms with van der Waals surface area (Å²) in [5.41, 5.74) is 0.0845. The van der Waals surface area contributed by atoms with Gasteiger partial charge in [-0.15, -0.1) is 11.8 Å². The zero-order valence-corrected chi connectivity index (χ0v) is 23.8. The highest BCUT2D eigenvalue weighted by Gasteiger charge is 2.61. The number of hydrogen-bond acceptors (Lipinski definition) is 10. The van der Waals surface area contributed by atoms with Crippen molar-refractivity contribution in [3.05, 3.63) is 10.6 Å². The topological polar surface area (TPSA) is 138 Å². The van der Waals surface area contributed by atoms with Crippen molar-refractivity contribution in [2.45, 2.75) is 109 Å². The van der Waals surface area contributed by atoms with Gasteiger partial charge >= 0.3 is 18.1 Å². The summed E-state index contributed by atoms with van der Waals surface area (Å²) in [7, 11) is 0. The first kappa shape index (κ1) is 29.2. The Hall–Kier alpha value is -2.76. The van der Waals surface area contributed by atoms with Gasteiger partial charge in [0.25, 0.3) is 0 Å². The molecule has 4 unspecified atom stereocenters. The monoisotopic (exact) mass is 566 g/mol. The molecule has 3 aliphatic heterocycles. The van der Waals surface area contributed by atoms with Crippen LogP contribution in [0.3, 0.4) is 0 Å². The van der Waals surface area contributed by atoms with Crippen molar-refractivity contribution in [3.63, 3.8) is 0 Å². The molecule has 39 heavy (non-hydrogen) atoms. The van der Waals surface area contributed by atoms with Crippen LogP contribution in [0.1, 0.15) is 79.1 Å². The van der Waals surface area contributed by atoms with Crippen molar-refractivity contribution in [3.8, 4) is 0 Å². The van der Waals surface area contributed by atoms with E-state index in [1.165, 1.54) is 23.6 Å². The van der Waals surface area contributed by atoms with Crippen LogP contribution in [0.15, 0.2) is 10.6 Å². The Morgan fingerprint density at radius 2 is 1.79 bits per heavy atom. The zero-order valence-electron chi connectivity index (χ0n) is 22.9. The van der Waals surface area contributed by atoms with Crippen LogP contribution in [0.2, 0.25) is 0 Å². The molecule has 11 nitrogen and oxygen atoms in total. The van der Waals surface area contributed by atoms with E-state index in [1.54, 1.807) is 6.92 Å². The Kier molecular flexibility index (Phi) is 9.45. The standard InChI is InChI=1S/C27H38N2O9S/c1-5-9-20(31)35-15(3)21-22-14(2)24(39-18-12-19(30)28-13-18)23(29(22)25(21)32)26(33)36-16(4)37-27(34)38-17-10-7-6-8-11-17/h14-18,21-22H,5-13H2,1-4H3,(H,28,30)/t14-,15-,16?,18?,21?,22?/m1/s1. The molecule has 1 N–H and O–H groups in total. The van der Waals surface area contributed by atoms with Crippen LogP contribution in [0.4, 0.5) is 4.79 Å². The van der Waals surface area contributed by atoms with Gasteiger partial charge in [0.05, 0.1) is 12.0 Å². The SMILES string of the molecule is CCCC(=O)O[C@H](C)C1C(=O)N2C(C(=O)OC(C)OC(=O)OC3CCCCC3)=C(SC3CNC(=O)C3)[C@H](C)C12. The highest BCUT2D eigenvalue weighted by Crippen LogP contribution is 2.52. The molecule has 2 saturated heterocycles. The average molecular weight is 567 g/mol. The summed E-state index contributed by atoms with van der Waals surface area (Å²) in [6, 6.07) is -0.399. The van der Waals surface area contributed by atoms with Gasteiger partial charge < -0.3 is 29.2 Å². The molecule has 2 amide bonds. The van der Waals surface area contributed by atoms with Gasteiger partial charge in [0, 0.05) is 42.4 Å². The van der Waals surface area contributed by atoms with E-state index in [0.717, 1.165) is 32.1 Å². The first-order chi connectivity index (χ1) is 18.6. The lowest BCUT2D eigenvalue weighted by molar-refractivity contribution is -0.178. The van der Waals surface area contributed by atoms with Gasteiger partial charge in [0.15, 0.2) is 0 Å². The number of carbonyl (C=O) groups is 5. The average Bonchev–Trinajstić information content (AvgIpc) is 3.38. The molecule has 216 valence electrons. The van der Waals surface area contributed by atoms with E-state index >= 15 is 0 Å². The molecule has 0 aromatic heterocycles. The van der Waals surface area contributed by atoms with Crippen LogP contribution in [0, 0.1) is 11.8 Å². The minimum Gasteiger partial charge on any atom is -0.462 e. The number of hydrogen-bond donors (Lipinski definition) is 1. The fourth-order valence-electron chi connectivity index (χ4n) is 5.75. The molecule has 0 radical (unpaired) electrons. The molecule has 0 bridgehead atoms. The van der Waals surface area contributed by atoms with Crippen molar-refractivity contribution in [1.29, 1.82) is 0 Å². The van der Waals surface area contributed by atoms with E-state index in [4.69, 9.17) is 18.9 Å². The van der Waals surface area contributed by atoms with E-state index in [9.17, 15) is 24.0 Å². The third-order valence-corrected chi connectivity index (χ3v) is 9.13. The summed E-state index contributed by atoms with van der Waals surface area (Å²) in [5.74, 6) is -2.44. The molecule has 1 saturated carbocycles. The van der Waals surface area contributed by atoms with Gasteiger partial charge in [-0.1, -0.05) is 20.3 Å². The molecular weight excluding hydrogens is 528 g/mol. The summed E-state index contributed by atoms with van der Waals surface area (Å²) in [5, 5.41) is 2.68. The molecule has 3 fully saturated rings. The maximum absolute atomic E-state index is 13.4. The van der Waals surface area contributed by atoms with Crippen LogP contribution < -0.4 is 5.32 Å². The molecule has 3 heterocycles. The second-order valence-corrected chi connectivity index (χ2v) is 12.0. The first-order valence-electron chi connectivity index (χ1n) is 13.9. The number of esters is 2. The van der Waals surface area contributed by atoms with Crippen molar-refractivity contribution in [1.82, 2.24) is 10.2 Å². The maximum atomic E-state index is 13.4. The minimum absolute atomic E-state index is 0.0740. The quantitative estimate of drug-likeness (QED) is 0.181. The molecule has 1 aliphatic carbocycles. The maximum Gasteiger partial charge on any atom is 0.511 e. The predicted molar refractivity (Wildman–Crippen MR) is 140 cm³/mol. The fraction of sp³-hybridized carbons (Fsp3) is 0.741. The summed E-state index contributed by atoms with van der Waals surface area (Å²) in [6.07, 6.45) is 2.82. The lowest BCUT2D eigenvalue weighted by Crippen LogP contribution is -2.64. The van der Waals surface area contributed by atoms with E-state index in [2.05, 4.69) is 5.32 Å². The smallest absolute Gasteiger partial charge is 0.462 e. The molecule has 4 aliphatic rings. The van der Waals surface area contributed by atoms with E-state index in [-0.39, 0.29) is 47.2 Å². The van der Waals surface area contributed by atoms with E-state index in [0.29, 0.717) is 24.3 Å². The normalized spacial score (nSPS) is 28.3. The number of β-lactam (4-membered cyclic amide) rings is 1. The van der Waals surface area contributed by atoms with Crippen molar-refractivity contribution in [2.24, 2.45) is 11.8 Å². The summed E-state index contributed by atoms with van der Waals surface area (Å²) >= 11 is 1.37. The number of amides is 2. The number of fused-ring (bicyclic) bond motifs is 1. The highest BCUT2D eigenvalue weighted by molar-refractivity contribution is 8.03. The van der Waals surface area contributed by atoms with Crippen LogP contribution in [0.25, 0.3) is 0 Å². The Labute approximate surface area is 232 Å². The third-order valence-electron chi connectivity index (χ3n) is 7.64. The molecular formula is C27H38N2O9S. The molecule has 4 rings (SSSR count). The van der Waals surface area contributed by atoms with Crippen molar-refractivity contribution < 1.29 is 42.9 Å². The predicted octanol–water partition coefficient (Wildman–Crippen LogP) is 3.40. The Bertz CT molecular complexity index is 1020. The minimum atomic E-state index is -1.24. The van der Waals surface area contributed by atoms with E-state index in [1.807, 2.05) is 13.8 Å². The van der Waals surface area contributed by atoms with Gasteiger partial charge in [0.2, 0.25) is 18.1 Å². The largest absolute Gasteiger partial charge is 0.511 e. The zero-order chi connectivity index (χ0) is 28.3. The summed E-state index contributed by atoms with van der Waals surface area (Å²) in [6.45, 7) is 7.33. The Balaban J connectivity index is 1.46. The molecule has 12 heteroatoms. The Morgan fingerprint density at radius 1 is 1.08 bits per heavy atom. The fourth-order valence-corrected chi connectivity index (χ4v) is 7.16. The lowest BCUT2D eigenvalue weighted by atomic mass is 9.79. The molecule has 0 aromatic carbocycles. The molecule has 6 atom stereocenters. The molecule has 0 aromatic rings. The number of carbonyl (C=O) groups excluding carboxylic acids is 5. The van der Waals surface area contributed by atoms with Crippen molar-refractivity contribution in [2.75, 3.05) is 6.54 Å². The van der Waals surface area contributed by atoms with Gasteiger partial charge in [-0.05, 0) is 39.0 Å². The number of nitrogens with one attached hydrogen (secondary N) is 1. The number of nitrogens with zero attached hydrogens (tertiary/aromatic N) is 1. The van der Waals surface area contributed by atoms with Gasteiger partial charge in [0.1, 0.15) is 17.9 Å². The second kappa shape index (κ2) is 12.6. The van der Waals surface area contributed by atoms with Gasteiger partial charge in [-0.25, -0.2) is 9.59 Å². The first-order valence-corrected chi connectivity index (χ1v) is 14.8. The number of thioether (sulfide) groups is 1. The van der Waals surface area contributed by atoms with E-state index < -0.39 is 36.5 Å². The highest BCUT2D eigenvalue weighted by atomic mass is 32.2. The molecule has 0 spiro atoms.